The molecule has 32 heavy (non-hydrogen) atoms. The Morgan fingerprint density at radius 2 is 1.47 bits per heavy atom. The summed E-state index contributed by atoms with van der Waals surface area (Å²) in [5.74, 6) is 0.690. The molecular formula is C27H31NO4. The summed E-state index contributed by atoms with van der Waals surface area (Å²) in [5.41, 5.74) is 2.68. The number of carbonyl (C=O) groups is 1. The highest BCUT2D eigenvalue weighted by Crippen LogP contribution is 2.33. The van der Waals surface area contributed by atoms with Crippen LogP contribution in [0.5, 0.6) is 11.5 Å². The van der Waals surface area contributed by atoms with Gasteiger partial charge in [0.2, 0.25) is 5.91 Å². The standard InChI is InChI=1S/C27H31NO4/c1-19(26(29)21-13-9-6-10-14-21)28(2)27(30)23(17-20-11-7-5-8-12-20)22-15-16-24(31-3)25(18-22)32-4/h5-16,18-19,23,26,29H,17H2,1-4H3/t19-,23-,26+/m0/s1. The van der Waals surface area contributed by atoms with Crippen LogP contribution < -0.4 is 9.47 Å². The normalized spacial score (nSPS) is 13.7. The lowest BCUT2D eigenvalue weighted by molar-refractivity contribution is -0.135. The van der Waals surface area contributed by atoms with Crippen molar-refractivity contribution in [3.8, 4) is 11.5 Å². The summed E-state index contributed by atoms with van der Waals surface area (Å²) < 4.78 is 10.8. The van der Waals surface area contributed by atoms with Gasteiger partial charge in [0.1, 0.15) is 0 Å². The number of carbonyl (C=O) groups excluding carboxylic acids is 1. The highest BCUT2D eigenvalue weighted by molar-refractivity contribution is 5.84. The lowest BCUT2D eigenvalue weighted by Gasteiger charge is -2.32. The van der Waals surface area contributed by atoms with Crippen molar-refractivity contribution < 1.29 is 19.4 Å². The van der Waals surface area contributed by atoms with Gasteiger partial charge in [-0.15, -0.1) is 0 Å². The number of rotatable bonds is 9. The van der Waals surface area contributed by atoms with E-state index >= 15 is 0 Å². The molecular weight excluding hydrogens is 402 g/mol. The Balaban J connectivity index is 1.92. The Bertz CT molecular complexity index is 1010. The highest BCUT2D eigenvalue weighted by atomic mass is 16.5. The van der Waals surface area contributed by atoms with Crippen molar-refractivity contribution in [3.63, 3.8) is 0 Å². The minimum atomic E-state index is -0.784. The molecule has 0 saturated heterocycles. The third kappa shape index (κ3) is 5.29. The largest absolute Gasteiger partial charge is 0.493 e. The molecule has 0 aliphatic heterocycles. The van der Waals surface area contributed by atoms with Crippen LogP contribution >= 0.6 is 0 Å². The fraction of sp³-hybridized carbons (Fsp3) is 0.296. The van der Waals surface area contributed by atoms with Crippen LogP contribution in [0, 0.1) is 0 Å². The van der Waals surface area contributed by atoms with Gasteiger partial charge >= 0.3 is 0 Å². The third-order valence-electron chi connectivity index (χ3n) is 5.95. The first kappa shape index (κ1) is 23.4. The minimum absolute atomic E-state index is 0.0662. The number of aliphatic hydroxyl groups excluding tert-OH is 1. The molecule has 0 bridgehead atoms. The number of ether oxygens (including phenoxy) is 2. The van der Waals surface area contributed by atoms with Crippen molar-refractivity contribution in [1.29, 1.82) is 0 Å². The zero-order valence-electron chi connectivity index (χ0n) is 19.1. The van der Waals surface area contributed by atoms with Gasteiger partial charge in [0, 0.05) is 7.05 Å². The number of benzene rings is 3. The summed E-state index contributed by atoms with van der Waals surface area (Å²) in [7, 11) is 4.92. The van der Waals surface area contributed by atoms with Gasteiger partial charge in [-0.3, -0.25) is 4.79 Å². The Kier molecular flexibility index (Phi) is 7.90. The Hall–Kier alpha value is -3.31. The van der Waals surface area contributed by atoms with Crippen LogP contribution in [0.1, 0.15) is 35.6 Å². The molecule has 0 spiro atoms. The smallest absolute Gasteiger partial charge is 0.230 e. The lowest BCUT2D eigenvalue weighted by Crippen LogP contribution is -2.42. The van der Waals surface area contributed by atoms with Crippen molar-refractivity contribution in [1.82, 2.24) is 4.90 Å². The van der Waals surface area contributed by atoms with E-state index < -0.39 is 18.1 Å². The first-order chi connectivity index (χ1) is 15.5. The number of amides is 1. The number of nitrogens with zero attached hydrogens (tertiary/aromatic N) is 1. The molecule has 1 N–H and O–H groups in total. The molecule has 0 aromatic heterocycles. The summed E-state index contributed by atoms with van der Waals surface area (Å²) in [6.07, 6.45) is -0.249. The molecule has 0 unspecified atom stereocenters. The number of likely N-dealkylation sites (N-methyl/N-ethyl adjacent to an activating group) is 1. The van der Waals surface area contributed by atoms with E-state index in [2.05, 4.69) is 0 Å². The molecule has 0 aliphatic carbocycles. The van der Waals surface area contributed by atoms with Crippen LogP contribution in [0.4, 0.5) is 0 Å². The fourth-order valence-electron chi connectivity index (χ4n) is 3.85. The van der Waals surface area contributed by atoms with Crippen LogP contribution in [0.2, 0.25) is 0 Å². The Labute approximate surface area is 190 Å². The second-order valence-electron chi connectivity index (χ2n) is 7.90. The second-order valence-corrected chi connectivity index (χ2v) is 7.90. The van der Waals surface area contributed by atoms with Gasteiger partial charge in [0.25, 0.3) is 0 Å². The quantitative estimate of drug-likeness (QED) is 0.535. The van der Waals surface area contributed by atoms with E-state index in [4.69, 9.17) is 9.47 Å². The van der Waals surface area contributed by atoms with E-state index in [0.29, 0.717) is 17.9 Å². The SMILES string of the molecule is COc1ccc([C@H](Cc2ccccc2)C(=O)N(C)[C@@H](C)[C@@H](O)c2ccccc2)cc1OC. The molecule has 1 amide bonds. The molecule has 3 atom stereocenters. The molecule has 0 heterocycles. The summed E-state index contributed by atoms with van der Waals surface area (Å²) in [6, 6.07) is 24.5. The predicted molar refractivity (Wildman–Crippen MR) is 126 cm³/mol. The molecule has 0 fully saturated rings. The van der Waals surface area contributed by atoms with Gasteiger partial charge in [0.05, 0.1) is 32.3 Å². The maximum atomic E-state index is 13.7. The zero-order valence-corrected chi connectivity index (χ0v) is 19.1. The number of methoxy groups -OCH3 is 2. The van der Waals surface area contributed by atoms with Crippen molar-refractivity contribution in [2.45, 2.75) is 31.4 Å². The Morgan fingerprint density at radius 3 is 2.06 bits per heavy atom. The van der Waals surface area contributed by atoms with Crippen LogP contribution in [0.3, 0.4) is 0 Å². The van der Waals surface area contributed by atoms with Gasteiger partial charge < -0.3 is 19.5 Å². The van der Waals surface area contributed by atoms with E-state index in [0.717, 1.165) is 16.7 Å². The molecule has 5 nitrogen and oxygen atoms in total. The van der Waals surface area contributed by atoms with Gasteiger partial charge in [0.15, 0.2) is 11.5 Å². The van der Waals surface area contributed by atoms with Crippen LogP contribution in [0.15, 0.2) is 78.9 Å². The molecule has 0 radical (unpaired) electrons. The minimum Gasteiger partial charge on any atom is -0.493 e. The maximum absolute atomic E-state index is 13.7. The molecule has 5 heteroatoms. The van der Waals surface area contributed by atoms with Crippen LogP contribution in [-0.4, -0.2) is 43.2 Å². The van der Waals surface area contributed by atoms with Crippen molar-refractivity contribution >= 4 is 5.91 Å². The summed E-state index contributed by atoms with van der Waals surface area (Å²) >= 11 is 0. The third-order valence-corrected chi connectivity index (χ3v) is 5.95. The lowest BCUT2D eigenvalue weighted by atomic mass is 9.89. The van der Waals surface area contributed by atoms with Crippen LogP contribution in [-0.2, 0) is 11.2 Å². The second kappa shape index (κ2) is 10.8. The van der Waals surface area contributed by atoms with E-state index in [1.54, 1.807) is 26.2 Å². The van der Waals surface area contributed by atoms with E-state index in [9.17, 15) is 9.90 Å². The topological polar surface area (TPSA) is 59.0 Å². The van der Waals surface area contributed by atoms with E-state index in [1.165, 1.54) is 0 Å². The van der Waals surface area contributed by atoms with Gasteiger partial charge in [-0.25, -0.2) is 0 Å². The molecule has 168 valence electrons. The van der Waals surface area contributed by atoms with Gasteiger partial charge in [-0.2, -0.15) is 0 Å². The van der Waals surface area contributed by atoms with Gasteiger partial charge in [-0.1, -0.05) is 66.7 Å². The van der Waals surface area contributed by atoms with Gasteiger partial charge in [-0.05, 0) is 42.2 Å². The molecule has 3 aromatic carbocycles. The number of hydrogen-bond acceptors (Lipinski definition) is 4. The van der Waals surface area contributed by atoms with Crippen molar-refractivity contribution in [3.05, 3.63) is 95.6 Å². The summed E-state index contributed by atoms with van der Waals surface area (Å²) in [6.45, 7) is 1.86. The highest BCUT2D eigenvalue weighted by Gasteiger charge is 2.31. The molecule has 0 saturated carbocycles. The Morgan fingerprint density at radius 1 is 0.875 bits per heavy atom. The first-order valence-corrected chi connectivity index (χ1v) is 10.7. The van der Waals surface area contributed by atoms with E-state index in [1.807, 2.05) is 85.8 Å². The van der Waals surface area contributed by atoms with E-state index in [-0.39, 0.29) is 5.91 Å². The average Bonchev–Trinajstić information content (AvgIpc) is 2.86. The molecule has 3 aromatic rings. The maximum Gasteiger partial charge on any atom is 0.230 e. The zero-order chi connectivity index (χ0) is 23.1. The average molecular weight is 434 g/mol. The molecule has 3 rings (SSSR count). The summed E-state index contributed by atoms with van der Waals surface area (Å²) in [4.78, 5) is 15.4. The fourth-order valence-corrected chi connectivity index (χ4v) is 3.85. The predicted octanol–water partition coefficient (Wildman–Crippen LogP) is 4.61. The summed E-state index contributed by atoms with van der Waals surface area (Å²) in [5, 5.41) is 10.9. The van der Waals surface area contributed by atoms with Crippen LogP contribution in [0.25, 0.3) is 0 Å². The first-order valence-electron chi connectivity index (χ1n) is 10.7. The van der Waals surface area contributed by atoms with Crippen molar-refractivity contribution in [2.24, 2.45) is 0 Å². The monoisotopic (exact) mass is 433 g/mol. The molecule has 0 aliphatic rings. The number of hydrogen-bond donors (Lipinski definition) is 1. The van der Waals surface area contributed by atoms with Crippen molar-refractivity contribution in [2.75, 3.05) is 21.3 Å². The number of aliphatic hydroxyl groups is 1.